The molecule has 1 aromatic rings. The maximum atomic E-state index is 11.9. The normalized spacial score (nSPS) is 18.0. The minimum atomic E-state index is -0.132. The third-order valence-corrected chi connectivity index (χ3v) is 2.83. The van der Waals surface area contributed by atoms with Crippen molar-refractivity contribution >= 4 is 11.7 Å². The molecule has 0 bridgehead atoms. The van der Waals surface area contributed by atoms with Gasteiger partial charge in [0.05, 0.1) is 6.54 Å². The second-order valence-corrected chi connectivity index (χ2v) is 4.04. The first-order chi connectivity index (χ1) is 8.70. The van der Waals surface area contributed by atoms with Crippen LogP contribution in [0, 0.1) is 0 Å². The van der Waals surface area contributed by atoms with Crippen LogP contribution >= 0.6 is 0 Å². The molecule has 1 aliphatic rings. The number of aromatic nitrogens is 1. The van der Waals surface area contributed by atoms with Crippen LogP contribution in [0.25, 0.3) is 0 Å². The van der Waals surface area contributed by atoms with Crippen molar-refractivity contribution in [2.75, 3.05) is 32.7 Å². The molecule has 2 rings (SSSR count). The van der Waals surface area contributed by atoms with E-state index in [4.69, 9.17) is 10.9 Å². The lowest BCUT2D eigenvalue weighted by atomic mass is 10.2. The number of hydrogen-bond acceptors (Lipinski definition) is 6. The molecule has 8 heteroatoms. The van der Waals surface area contributed by atoms with Gasteiger partial charge in [-0.05, 0) is 0 Å². The number of nitrogens with two attached hydrogens (primary N) is 1. The summed E-state index contributed by atoms with van der Waals surface area (Å²) in [4.78, 5) is 15.7. The molecule has 0 saturated carbocycles. The van der Waals surface area contributed by atoms with Gasteiger partial charge < -0.3 is 20.4 Å². The topological polar surface area (TPSA) is 108 Å². The Balaban J connectivity index is 1.85. The molecular formula is C10H15N5O3. The zero-order chi connectivity index (χ0) is 13.0. The van der Waals surface area contributed by atoms with E-state index in [9.17, 15) is 4.79 Å². The number of amidine groups is 1. The Morgan fingerprint density at radius 1 is 1.50 bits per heavy atom. The molecule has 1 aromatic heterocycles. The van der Waals surface area contributed by atoms with Crippen LogP contribution in [0.15, 0.2) is 22.0 Å². The zero-order valence-corrected chi connectivity index (χ0v) is 9.82. The first-order valence-corrected chi connectivity index (χ1v) is 5.59. The van der Waals surface area contributed by atoms with Gasteiger partial charge >= 0.3 is 0 Å². The minimum absolute atomic E-state index is 0.132. The predicted molar refractivity (Wildman–Crippen MR) is 62.3 cm³/mol. The van der Waals surface area contributed by atoms with Crippen molar-refractivity contribution in [2.24, 2.45) is 10.9 Å². The highest BCUT2D eigenvalue weighted by molar-refractivity contribution is 5.92. The molecule has 98 valence electrons. The molecule has 1 aliphatic heterocycles. The number of piperazine rings is 1. The summed E-state index contributed by atoms with van der Waals surface area (Å²) in [5, 5.41) is 15.0. The Kier molecular flexibility index (Phi) is 3.78. The second-order valence-electron chi connectivity index (χ2n) is 4.04. The highest BCUT2D eigenvalue weighted by Crippen LogP contribution is 2.06. The van der Waals surface area contributed by atoms with E-state index < -0.39 is 0 Å². The number of nitrogens with zero attached hydrogens (tertiary/aromatic N) is 4. The van der Waals surface area contributed by atoms with Crippen LogP contribution in [-0.2, 0) is 0 Å². The van der Waals surface area contributed by atoms with E-state index in [0.717, 1.165) is 0 Å². The van der Waals surface area contributed by atoms with E-state index in [2.05, 4.69) is 14.8 Å². The van der Waals surface area contributed by atoms with E-state index in [1.165, 1.54) is 6.26 Å². The molecule has 0 unspecified atom stereocenters. The zero-order valence-electron chi connectivity index (χ0n) is 9.82. The Morgan fingerprint density at radius 3 is 2.78 bits per heavy atom. The molecule has 0 aromatic carbocycles. The predicted octanol–water partition coefficient (Wildman–Crippen LogP) is -0.821. The van der Waals surface area contributed by atoms with E-state index in [1.807, 2.05) is 4.90 Å². The van der Waals surface area contributed by atoms with Gasteiger partial charge in [-0.2, -0.15) is 0 Å². The lowest BCUT2D eigenvalue weighted by Crippen LogP contribution is -2.50. The summed E-state index contributed by atoms with van der Waals surface area (Å²) in [6, 6.07) is 1.55. The van der Waals surface area contributed by atoms with Gasteiger partial charge in [-0.25, -0.2) is 0 Å². The van der Waals surface area contributed by atoms with Gasteiger partial charge in [0.2, 0.25) is 0 Å². The number of carbonyl (C=O) groups excluding carboxylic acids is 1. The van der Waals surface area contributed by atoms with Crippen LogP contribution in [0.4, 0.5) is 0 Å². The fourth-order valence-corrected chi connectivity index (χ4v) is 1.85. The maximum Gasteiger partial charge on any atom is 0.276 e. The molecule has 0 atom stereocenters. The molecular weight excluding hydrogens is 238 g/mol. The average molecular weight is 253 g/mol. The molecule has 0 aliphatic carbocycles. The maximum absolute atomic E-state index is 11.9. The van der Waals surface area contributed by atoms with Crippen LogP contribution in [0.5, 0.6) is 0 Å². The van der Waals surface area contributed by atoms with Crippen molar-refractivity contribution in [2.45, 2.75) is 0 Å². The second kappa shape index (κ2) is 5.50. The third kappa shape index (κ3) is 2.77. The van der Waals surface area contributed by atoms with E-state index in [1.54, 1.807) is 11.0 Å². The number of oxime groups is 1. The molecule has 1 fully saturated rings. The smallest absolute Gasteiger partial charge is 0.276 e. The highest BCUT2D eigenvalue weighted by atomic mass is 16.5. The van der Waals surface area contributed by atoms with Crippen molar-refractivity contribution in [1.29, 1.82) is 0 Å². The number of rotatable bonds is 3. The Bertz CT molecular complexity index is 423. The van der Waals surface area contributed by atoms with Crippen LogP contribution in [0.2, 0.25) is 0 Å². The molecule has 8 nitrogen and oxygen atoms in total. The first kappa shape index (κ1) is 12.4. The van der Waals surface area contributed by atoms with E-state index in [-0.39, 0.29) is 11.7 Å². The van der Waals surface area contributed by atoms with Gasteiger partial charge in [0, 0.05) is 32.2 Å². The van der Waals surface area contributed by atoms with Crippen LogP contribution in [0.1, 0.15) is 10.5 Å². The molecule has 0 radical (unpaired) electrons. The Morgan fingerprint density at radius 2 is 2.22 bits per heavy atom. The summed E-state index contributed by atoms with van der Waals surface area (Å²) in [6.45, 7) is 2.94. The summed E-state index contributed by atoms with van der Waals surface area (Å²) < 4.78 is 4.65. The van der Waals surface area contributed by atoms with E-state index in [0.29, 0.717) is 38.4 Å². The Labute approximate surface area is 104 Å². The summed E-state index contributed by atoms with van der Waals surface area (Å²) >= 11 is 0. The SMILES string of the molecule is N/C(CN1CCN(C(=O)c2ccon2)CC1)=N\O. The summed E-state index contributed by atoms with van der Waals surface area (Å²) in [6.07, 6.45) is 1.38. The minimum Gasteiger partial charge on any atom is -0.409 e. The standard InChI is InChI=1S/C10H15N5O3/c11-9(12-17)7-14-2-4-15(5-3-14)10(16)8-1-6-18-13-8/h1,6,17H,2-5,7H2,(H2,11,12). The molecule has 1 amide bonds. The molecule has 0 spiro atoms. The summed E-state index contributed by atoms with van der Waals surface area (Å²) in [5.74, 6) is 0.0403. The van der Waals surface area contributed by atoms with Crippen molar-refractivity contribution in [3.8, 4) is 0 Å². The van der Waals surface area contributed by atoms with Crippen molar-refractivity contribution < 1.29 is 14.5 Å². The summed E-state index contributed by atoms with van der Waals surface area (Å²) in [5.41, 5.74) is 5.75. The van der Waals surface area contributed by atoms with Crippen molar-refractivity contribution in [3.05, 3.63) is 18.0 Å². The fraction of sp³-hybridized carbons (Fsp3) is 0.500. The average Bonchev–Trinajstić information content (AvgIpc) is 2.92. The first-order valence-electron chi connectivity index (χ1n) is 5.59. The van der Waals surface area contributed by atoms with Gasteiger partial charge in [0.1, 0.15) is 6.26 Å². The Hall–Kier alpha value is -2.09. The third-order valence-electron chi connectivity index (χ3n) is 2.83. The fourth-order valence-electron chi connectivity index (χ4n) is 1.85. The lowest BCUT2D eigenvalue weighted by Gasteiger charge is -2.33. The molecule has 2 heterocycles. The van der Waals surface area contributed by atoms with Gasteiger partial charge in [-0.15, -0.1) is 0 Å². The molecule has 18 heavy (non-hydrogen) atoms. The van der Waals surface area contributed by atoms with E-state index >= 15 is 0 Å². The van der Waals surface area contributed by atoms with Gasteiger partial charge in [0.15, 0.2) is 11.5 Å². The number of carbonyl (C=O) groups is 1. The van der Waals surface area contributed by atoms with Crippen LogP contribution < -0.4 is 5.73 Å². The van der Waals surface area contributed by atoms with Crippen LogP contribution in [-0.4, -0.2) is 64.6 Å². The van der Waals surface area contributed by atoms with Crippen LogP contribution in [0.3, 0.4) is 0 Å². The van der Waals surface area contributed by atoms with Gasteiger partial charge in [-0.3, -0.25) is 9.69 Å². The molecule has 1 saturated heterocycles. The highest BCUT2D eigenvalue weighted by Gasteiger charge is 2.23. The monoisotopic (exact) mass is 253 g/mol. The largest absolute Gasteiger partial charge is 0.409 e. The molecule has 3 N–H and O–H groups in total. The van der Waals surface area contributed by atoms with Crippen molar-refractivity contribution in [3.63, 3.8) is 0 Å². The lowest BCUT2D eigenvalue weighted by molar-refractivity contribution is 0.0643. The quantitative estimate of drug-likeness (QED) is 0.315. The van der Waals surface area contributed by atoms with Gasteiger partial charge in [0.25, 0.3) is 5.91 Å². The number of amides is 1. The van der Waals surface area contributed by atoms with Crippen molar-refractivity contribution in [1.82, 2.24) is 15.0 Å². The number of hydrogen-bond donors (Lipinski definition) is 2. The summed E-state index contributed by atoms with van der Waals surface area (Å²) in [7, 11) is 0. The van der Waals surface area contributed by atoms with Gasteiger partial charge in [-0.1, -0.05) is 10.3 Å².